The van der Waals surface area contributed by atoms with Crippen LogP contribution >= 0.6 is 0 Å². The molecule has 3 aliphatic rings. The number of rotatable bonds is 3. The molecule has 2 aromatic rings. The van der Waals surface area contributed by atoms with Crippen LogP contribution in [-0.2, 0) is 20.8 Å². The first-order valence-corrected chi connectivity index (χ1v) is 12.3. The fraction of sp³-hybridized carbons (Fsp3) is 0.310. The van der Waals surface area contributed by atoms with Crippen molar-refractivity contribution in [3.63, 3.8) is 0 Å². The Kier molecular flexibility index (Phi) is 5.69. The summed E-state index contributed by atoms with van der Waals surface area (Å²) in [5.41, 5.74) is 4.62. The second kappa shape index (κ2) is 8.57. The maximum absolute atomic E-state index is 13.7. The summed E-state index contributed by atoms with van der Waals surface area (Å²) in [7, 11) is 0. The fourth-order valence-electron chi connectivity index (χ4n) is 6.18. The Morgan fingerprint density at radius 2 is 1.79 bits per heavy atom. The Morgan fingerprint density at radius 3 is 2.37 bits per heavy atom. The monoisotopic (exact) mass is 514 g/mol. The van der Waals surface area contributed by atoms with Crippen LogP contribution in [0.5, 0.6) is 5.75 Å². The van der Waals surface area contributed by atoms with Gasteiger partial charge in [-0.05, 0) is 59.6 Å². The zero-order valence-electron chi connectivity index (χ0n) is 20.8. The van der Waals surface area contributed by atoms with E-state index < -0.39 is 52.0 Å². The molecular weight excluding hydrogens is 488 g/mol. The highest BCUT2D eigenvalue weighted by atomic mass is 16.3. The van der Waals surface area contributed by atoms with E-state index in [2.05, 4.69) is 0 Å². The Balaban J connectivity index is 1.74. The van der Waals surface area contributed by atoms with E-state index in [1.54, 1.807) is 24.3 Å². The number of nitrogens with zero attached hydrogens (tertiary/aromatic N) is 1. The molecule has 1 amide bonds. The molecule has 0 bridgehead atoms. The van der Waals surface area contributed by atoms with E-state index in [1.165, 1.54) is 0 Å². The summed E-state index contributed by atoms with van der Waals surface area (Å²) in [5.74, 6) is -6.54. The molecule has 3 atom stereocenters. The second-order valence-corrected chi connectivity index (χ2v) is 10.5. The average molecular weight is 515 g/mol. The van der Waals surface area contributed by atoms with E-state index in [0.29, 0.717) is 22.3 Å². The summed E-state index contributed by atoms with van der Waals surface area (Å²) in [6, 6.07) is 10.4. The molecule has 2 aromatic carbocycles. The molecule has 6 N–H and O–H groups in total. The highest BCUT2D eigenvalue weighted by Crippen LogP contribution is 2.54. The van der Waals surface area contributed by atoms with Crippen molar-refractivity contribution >= 4 is 23.2 Å². The Labute approximate surface area is 218 Å². The lowest BCUT2D eigenvalue weighted by atomic mass is 9.59. The maximum Gasteiger partial charge on any atom is 0.255 e. The standard InChI is InChI=1S/C29H26N2O7/c1-12(2)17-10-18(14-5-3-13(11-30)4-6-14)24(33)22-19(17)8-15-7-16-9-20(32)23(28(31)37)27(36)29(16,38)26(35)21(15)25(22)34/h3-6,10,12,15-16,33-34,36,38H,7-9H2,1-2H3,(H2,31,37)/t15-,16+,29+/m1/s1. The normalized spacial score (nSPS) is 24.6. The van der Waals surface area contributed by atoms with E-state index in [4.69, 9.17) is 11.0 Å². The van der Waals surface area contributed by atoms with Crippen LogP contribution in [0.25, 0.3) is 16.9 Å². The SMILES string of the molecule is CC(C)c1cc(-c2ccc(C#N)cc2)c(O)c2c1C[C@H]1C[C@H]3CC(=O)C(C(N)=O)=C(O)[C@@]3(O)C(=O)C1=C2O. The largest absolute Gasteiger partial charge is 0.508 e. The summed E-state index contributed by atoms with van der Waals surface area (Å²) >= 11 is 0. The number of hydrogen-bond acceptors (Lipinski definition) is 8. The highest BCUT2D eigenvalue weighted by Gasteiger charge is 2.60. The molecule has 0 radical (unpaired) electrons. The van der Waals surface area contributed by atoms with Gasteiger partial charge in [-0.1, -0.05) is 26.0 Å². The first-order valence-electron chi connectivity index (χ1n) is 12.3. The molecule has 5 rings (SSSR count). The van der Waals surface area contributed by atoms with Crippen LogP contribution in [0.1, 0.15) is 54.9 Å². The van der Waals surface area contributed by atoms with Crippen molar-refractivity contribution in [3.05, 3.63) is 69.5 Å². The third-order valence-corrected chi connectivity index (χ3v) is 8.05. The van der Waals surface area contributed by atoms with Crippen molar-refractivity contribution in [2.45, 2.75) is 44.6 Å². The van der Waals surface area contributed by atoms with E-state index in [0.717, 1.165) is 5.56 Å². The third-order valence-electron chi connectivity index (χ3n) is 8.05. The molecule has 1 fully saturated rings. The van der Waals surface area contributed by atoms with Crippen LogP contribution in [-0.4, -0.2) is 43.5 Å². The van der Waals surface area contributed by atoms with Gasteiger partial charge in [-0.3, -0.25) is 14.4 Å². The minimum Gasteiger partial charge on any atom is -0.508 e. The zero-order valence-corrected chi connectivity index (χ0v) is 20.8. The molecule has 194 valence electrons. The van der Waals surface area contributed by atoms with Crippen molar-refractivity contribution in [1.82, 2.24) is 0 Å². The van der Waals surface area contributed by atoms with Crippen LogP contribution in [0.2, 0.25) is 0 Å². The van der Waals surface area contributed by atoms with Gasteiger partial charge in [-0.25, -0.2) is 0 Å². The topological polar surface area (TPSA) is 182 Å². The van der Waals surface area contributed by atoms with E-state index in [-0.39, 0.29) is 42.1 Å². The van der Waals surface area contributed by atoms with Crippen LogP contribution in [0.15, 0.2) is 47.2 Å². The number of phenols is 1. The molecule has 0 aromatic heterocycles. The number of aliphatic hydroxyl groups is 3. The van der Waals surface area contributed by atoms with Crippen LogP contribution in [0.3, 0.4) is 0 Å². The number of nitriles is 1. The van der Waals surface area contributed by atoms with Crippen LogP contribution < -0.4 is 5.73 Å². The molecule has 9 heteroatoms. The molecule has 9 nitrogen and oxygen atoms in total. The number of nitrogens with two attached hydrogens (primary N) is 1. The maximum atomic E-state index is 13.7. The Morgan fingerprint density at radius 1 is 1.13 bits per heavy atom. The van der Waals surface area contributed by atoms with Gasteiger partial charge >= 0.3 is 0 Å². The van der Waals surface area contributed by atoms with Gasteiger partial charge in [0.15, 0.2) is 11.4 Å². The molecule has 0 spiro atoms. The van der Waals surface area contributed by atoms with E-state index in [1.807, 2.05) is 26.0 Å². The van der Waals surface area contributed by atoms with Crippen molar-refractivity contribution in [2.24, 2.45) is 17.6 Å². The summed E-state index contributed by atoms with van der Waals surface area (Å²) in [6.45, 7) is 3.93. The number of carbonyl (C=O) groups is 3. The predicted octanol–water partition coefficient (Wildman–Crippen LogP) is 3.09. The number of benzene rings is 2. The van der Waals surface area contributed by atoms with Gasteiger partial charge in [0.1, 0.15) is 22.8 Å². The number of carbonyl (C=O) groups excluding carboxylic acids is 3. The number of aromatic hydroxyl groups is 1. The lowest BCUT2D eigenvalue weighted by Crippen LogP contribution is -2.58. The smallest absolute Gasteiger partial charge is 0.255 e. The van der Waals surface area contributed by atoms with E-state index >= 15 is 0 Å². The minimum atomic E-state index is -2.60. The van der Waals surface area contributed by atoms with E-state index in [9.17, 15) is 34.8 Å². The van der Waals surface area contributed by atoms with Gasteiger partial charge in [0.25, 0.3) is 5.91 Å². The summed E-state index contributed by atoms with van der Waals surface area (Å²) in [5, 5.41) is 54.1. The molecule has 38 heavy (non-hydrogen) atoms. The molecule has 0 heterocycles. The number of aliphatic hydroxyl groups excluding tert-OH is 2. The van der Waals surface area contributed by atoms with Gasteiger partial charge in [0, 0.05) is 23.5 Å². The van der Waals surface area contributed by atoms with Gasteiger partial charge < -0.3 is 26.2 Å². The minimum absolute atomic E-state index is 0.0200. The van der Waals surface area contributed by atoms with Crippen LogP contribution in [0.4, 0.5) is 0 Å². The number of primary amides is 1. The number of amides is 1. The summed E-state index contributed by atoms with van der Waals surface area (Å²) in [4.78, 5) is 38.1. The van der Waals surface area contributed by atoms with Crippen LogP contribution in [0, 0.1) is 23.2 Å². The van der Waals surface area contributed by atoms with Gasteiger partial charge in [-0.15, -0.1) is 0 Å². The molecule has 0 unspecified atom stereocenters. The average Bonchev–Trinajstić information content (AvgIpc) is 2.86. The summed E-state index contributed by atoms with van der Waals surface area (Å²) < 4.78 is 0. The quantitative estimate of drug-likeness (QED) is 0.387. The Bertz CT molecular complexity index is 1540. The molecule has 1 saturated carbocycles. The van der Waals surface area contributed by atoms with Crippen molar-refractivity contribution < 1.29 is 34.8 Å². The number of hydrogen-bond donors (Lipinski definition) is 5. The van der Waals surface area contributed by atoms with Gasteiger partial charge in [0.2, 0.25) is 5.78 Å². The number of ketones is 2. The molecule has 0 aliphatic heterocycles. The fourth-order valence-corrected chi connectivity index (χ4v) is 6.18. The number of Topliss-reactive ketones (excluding diaryl/α,β-unsaturated/α-hetero) is 2. The summed E-state index contributed by atoms with van der Waals surface area (Å²) in [6.07, 6.45) is -0.0242. The Hall–Kier alpha value is -4.42. The highest BCUT2D eigenvalue weighted by molar-refractivity contribution is 6.22. The van der Waals surface area contributed by atoms with Gasteiger partial charge in [-0.2, -0.15) is 5.26 Å². The molecular formula is C29H26N2O7. The van der Waals surface area contributed by atoms with Crippen molar-refractivity contribution in [1.29, 1.82) is 5.26 Å². The lowest BCUT2D eigenvalue weighted by molar-refractivity contribution is -0.147. The van der Waals surface area contributed by atoms with Gasteiger partial charge in [0.05, 0.1) is 17.2 Å². The first-order chi connectivity index (χ1) is 17.9. The second-order valence-electron chi connectivity index (χ2n) is 10.5. The molecule has 0 saturated heterocycles. The molecule has 3 aliphatic carbocycles. The lowest BCUT2D eigenvalue weighted by Gasteiger charge is -2.46. The van der Waals surface area contributed by atoms with Crippen molar-refractivity contribution in [2.75, 3.05) is 0 Å². The van der Waals surface area contributed by atoms with Crippen molar-refractivity contribution in [3.8, 4) is 22.9 Å². The number of fused-ring (bicyclic) bond motifs is 3. The third kappa shape index (κ3) is 3.37. The zero-order chi connectivity index (χ0) is 27.7. The predicted molar refractivity (Wildman–Crippen MR) is 136 cm³/mol. The number of phenolic OH excluding ortho intramolecular Hbond substituents is 1. The first kappa shape index (κ1) is 25.2.